The van der Waals surface area contributed by atoms with Gasteiger partial charge in [0.1, 0.15) is 0 Å². The number of rotatable bonds is 5. The van der Waals surface area contributed by atoms with Crippen molar-refractivity contribution in [2.75, 3.05) is 6.54 Å². The zero-order chi connectivity index (χ0) is 19.6. The first-order valence-electron chi connectivity index (χ1n) is 8.88. The second-order valence-corrected chi connectivity index (χ2v) is 8.64. The van der Waals surface area contributed by atoms with E-state index in [9.17, 15) is 13.2 Å². The lowest BCUT2D eigenvalue weighted by Crippen LogP contribution is -2.41. The fraction of sp³-hybridized carbons (Fsp3) is 0.500. The van der Waals surface area contributed by atoms with E-state index in [0.717, 1.165) is 19.3 Å². The summed E-state index contributed by atoms with van der Waals surface area (Å²) in [7, 11) is -3.66. The molecule has 0 amide bonds. The average molecular weight is 393 g/mol. The van der Waals surface area contributed by atoms with Gasteiger partial charge in [-0.25, -0.2) is 13.2 Å². The van der Waals surface area contributed by atoms with Crippen LogP contribution in [0.3, 0.4) is 0 Å². The van der Waals surface area contributed by atoms with Crippen LogP contribution in [0.2, 0.25) is 0 Å². The van der Waals surface area contributed by atoms with Crippen LogP contribution in [-0.4, -0.2) is 41.4 Å². The third-order valence-corrected chi connectivity index (χ3v) is 6.68. The van der Waals surface area contributed by atoms with E-state index in [1.807, 2.05) is 6.92 Å². The summed E-state index contributed by atoms with van der Waals surface area (Å²) in [6.07, 6.45) is 2.70. The number of piperidine rings is 1. The van der Waals surface area contributed by atoms with Crippen molar-refractivity contribution < 1.29 is 22.5 Å². The Balaban J connectivity index is 1.81. The summed E-state index contributed by atoms with van der Waals surface area (Å²) >= 11 is 0. The Bertz CT molecular complexity index is 938. The zero-order valence-electron chi connectivity index (χ0n) is 15.6. The molecule has 2 aromatic rings. The van der Waals surface area contributed by atoms with Gasteiger partial charge in [0.2, 0.25) is 10.0 Å². The molecule has 1 saturated heterocycles. The van der Waals surface area contributed by atoms with E-state index in [4.69, 9.17) is 9.26 Å². The smallest absolute Gasteiger partial charge is 0.338 e. The number of hydrogen-bond acceptors (Lipinski definition) is 7. The summed E-state index contributed by atoms with van der Waals surface area (Å²) in [4.78, 5) is 16.5. The van der Waals surface area contributed by atoms with Crippen molar-refractivity contribution in [3.8, 4) is 0 Å². The molecule has 2 heterocycles. The van der Waals surface area contributed by atoms with Gasteiger partial charge in [-0.2, -0.15) is 9.29 Å². The molecule has 0 radical (unpaired) electrons. The molecule has 27 heavy (non-hydrogen) atoms. The Kier molecular flexibility index (Phi) is 5.61. The fourth-order valence-electron chi connectivity index (χ4n) is 3.15. The molecular weight excluding hydrogens is 370 g/mol. The molecule has 1 unspecified atom stereocenters. The topological polar surface area (TPSA) is 103 Å². The van der Waals surface area contributed by atoms with Crippen LogP contribution >= 0.6 is 0 Å². The summed E-state index contributed by atoms with van der Waals surface area (Å²) < 4.78 is 37.6. The van der Waals surface area contributed by atoms with E-state index in [2.05, 4.69) is 10.1 Å². The maximum absolute atomic E-state index is 13.0. The lowest BCUT2D eigenvalue weighted by molar-refractivity contribution is 0.0428. The van der Waals surface area contributed by atoms with E-state index in [-0.39, 0.29) is 29.0 Å². The number of carbonyl (C=O) groups excluding carboxylic acids is 1. The number of esters is 1. The molecule has 1 fully saturated rings. The summed E-state index contributed by atoms with van der Waals surface area (Å²) in [5.41, 5.74) is 0.837. The highest BCUT2D eigenvalue weighted by Gasteiger charge is 2.31. The van der Waals surface area contributed by atoms with Gasteiger partial charge < -0.3 is 9.26 Å². The van der Waals surface area contributed by atoms with Crippen LogP contribution in [0.25, 0.3) is 0 Å². The molecule has 1 atom stereocenters. The summed E-state index contributed by atoms with van der Waals surface area (Å²) in [5, 5.41) is 3.63. The first-order valence-corrected chi connectivity index (χ1v) is 10.3. The van der Waals surface area contributed by atoms with Gasteiger partial charge in [0.15, 0.2) is 12.4 Å². The van der Waals surface area contributed by atoms with Crippen LogP contribution < -0.4 is 0 Å². The van der Waals surface area contributed by atoms with Crippen LogP contribution in [-0.2, 0) is 21.4 Å². The SMILES string of the molecule is Cc1noc(COC(=O)c2cc(S(=O)(=O)N3CCCCC3C)ccc2C)n1. The summed E-state index contributed by atoms with van der Waals surface area (Å²) in [6.45, 7) is 5.63. The number of hydrogen-bond donors (Lipinski definition) is 0. The average Bonchev–Trinajstić information content (AvgIpc) is 3.05. The van der Waals surface area contributed by atoms with Crippen LogP contribution in [0.4, 0.5) is 0 Å². The van der Waals surface area contributed by atoms with Gasteiger partial charge in [0.05, 0.1) is 10.5 Å². The summed E-state index contributed by atoms with van der Waals surface area (Å²) in [6, 6.07) is 4.48. The number of aromatic nitrogens is 2. The van der Waals surface area contributed by atoms with Crippen molar-refractivity contribution in [1.29, 1.82) is 0 Å². The van der Waals surface area contributed by atoms with Crippen LogP contribution in [0.5, 0.6) is 0 Å². The molecule has 146 valence electrons. The maximum Gasteiger partial charge on any atom is 0.338 e. The summed E-state index contributed by atoms with van der Waals surface area (Å²) in [5.74, 6) is -0.00233. The Hall–Kier alpha value is -2.26. The molecule has 0 N–H and O–H groups in total. The molecular formula is C18H23N3O5S. The number of sulfonamides is 1. The number of nitrogens with zero attached hydrogens (tertiary/aromatic N) is 3. The molecule has 0 aliphatic carbocycles. The molecule has 3 rings (SSSR count). The first-order chi connectivity index (χ1) is 12.8. The highest BCUT2D eigenvalue weighted by atomic mass is 32.2. The van der Waals surface area contributed by atoms with E-state index in [1.165, 1.54) is 16.4 Å². The van der Waals surface area contributed by atoms with Crippen molar-refractivity contribution >= 4 is 16.0 Å². The lowest BCUT2D eigenvalue weighted by Gasteiger charge is -2.32. The quantitative estimate of drug-likeness (QED) is 0.719. The van der Waals surface area contributed by atoms with Gasteiger partial charge in [0.25, 0.3) is 5.89 Å². The molecule has 8 nitrogen and oxygen atoms in total. The number of aryl methyl sites for hydroxylation is 2. The third kappa shape index (κ3) is 4.19. The van der Waals surface area contributed by atoms with E-state index in [1.54, 1.807) is 19.9 Å². The molecule has 1 aliphatic rings. The minimum absolute atomic E-state index is 0.0544. The van der Waals surface area contributed by atoms with Gasteiger partial charge in [-0.3, -0.25) is 0 Å². The molecule has 0 saturated carbocycles. The van der Waals surface area contributed by atoms with Gasteiger partial charge in [0, 0.05) is 12.6 Å². The standard InChI is InChI=1S/C18H23N3O5S/c1-12-7-8-15(27(23,24)21-9-5-4-6-13(21)2)10-16(12)18(22)25-11-17-19-14(3)20-26-17/h7-8,10,13H,4-6,9,11H2,1-3H3. The monoisotopic (exact) mass is 393 g/mol. The molecule has 0 spiro atoms. The van der Waals surface area contributed by atoms with Crippen molar-refractivity contribution in [2.45, 2.75) is 57.6 Å². The Morgan fingerprint density at radius 2 is 2.11 bits per heavy atom. The van der Waals surface area contributed by atoms with Crippen molar-refractivity contribution in [2.24, 2.45) is 0 Å². The zero-order valence-corrected chi connectivity index (χ0v) is 16.5. The highest BCUT2D eigenvalue weighted by molar-refractivity contribution is 7.89. The number of carbonyl (C=O) groups is 1. The third-order valence-electron chi connectivity index (χ3n) is 4.67. The van der Waals surface area contributed by atoms with Crippen molar-refractivity contribution in [3.05, 3.63) is 41.0 Å². The lowest BCUT2D eigenvalue weighted by atomic mass is 10.1. The van der Waals surface area contributed by atoms with E-state index in [0.29, 0.717) is 17.9 Å². The van der Waals surface area contributed by atoms with Crippen molar-refractivity contribution in [3.63, 3.8) is 0 Å². The first kappa shape index (κ1) is 19.5. The van der Waals surface area contributed by atoms with Crippen LogP contribution in [0.15, 0.2) is 27.6 Å². The maximum atomic E-state index is 13.0. The van der Waals surface area contributed by atoms with Crippen LogP contribution in [0, 0.1) is 13.8 Å². The second-order valence-electron chi connectivity index (χ2n) is 6.75. The molecule has 1 aliphatic heterocycles. The van der Waals surface area contributed by atoms with Gasteiger partial charge in [-0.15, -0.1) is 0 Å². The minimum Gasteiger partial charge on any atom is -0.452 e. The van der Waals surface area contributed by atoms with Gasteiger partial charge in [-0.05, 0) is 51.3 Å². The molecule has 1 aromatic carbocycles. The highest BCUT2D eigenvalue weighted by Crippen LogP contribution is 2.26. The Morgan fingerprint density at radius 3 is 2.78 bits per heavy atom. The van der Waals surface area contributed by atoms with Crippen LogP contribution in [0.1, 0.15) is 53.8 Å². The molecule has 1 aromatic heterocycles. The van der Waals surface area contributed by atoms with E-state index >= 15 is 0 Å². The Morgan fingerprint density at radius 1 is 1.33 bits per heavy atom. The normalized spacial score (nSPS) is 18.4. The minimum atomic E-state index is -3.66. The predicted octanol–water partition coefficient (Wildman–Crippen LogP) is 2.61. The molecule has 0 bridgehead atoms. The van der Waals surface area contributed by atoms with Gasteiger partial charge >= 0.3 is 5.97 Å². The van der Waals surface area contributed by atoms with Crippen molar-refractivity contribution in [1.82, 2.24) is 14.4 Å². The second kappa shape index (κ2) is 7.77. The van der Waals surface area contributed by atoms with E-state index < -0.39 is 16.0 Å². The largest absolute Gasteiger partial charge is 0.452 e. The molecule has 9 heteroatoms. The Labute approximate surface area is 158 Å². The fourth-order valence-corrected chi connectivity index (χ4v) is 4.88. The number of ether oxygens (including phenoxy) is 1. The number of benzene rings is 1. The van der Waals surface area contributed by atoms with Gasteiger partial charge in [-0.1, -0.05) is 17.6 Å². The predicted molar refractivity (Wildman–Crippen MR) is 96.5 cm³/mol.